The van der Waals surface area contributed by atoms with Gasteiger partial charge in [0, 0.05) is 12.3 Å². The minimum atomic E-state index is -0.00676. The summed E-state index contributed by atoms with van der Waals surface area (Å²) < 4.78 is 5.50. The average molecular weight is 219 g/mol. The first-order valence-corrected chi connectivity index (χ1v) is 6.15. The van der Waals surface area contributed by atoms with Crippen LogP contribution in [-0.4, -0.2) is 11.4 Å². The molecule has 1 saturated heterocycles. The monoisotopic (exact) mass is 219 g/mol. The Morgan fingerprint density at radius 1 is 1.31 bits per heavy atom. The Balaban J connectivity index is 1.93. The third kappa shape index (κ3) is 1.46. The van der Waals surface area contributed by atoms with Crippen molar-refractivity contribution in [2.24, 2.45) is 0 Å². The first kappa shape index (κ1) is 9.94. The van der Waals surface area contributed by atoms with Crippen molar-refractivity contribution in [3.8, 4) is 0 Å². The molecule has 3 heteroatoms. The van der Waals surface area contributed by atoms with Crippen molar-refractivity contribution in [3.63, 3.8) is 0 Å². The maximum absolute atomic E-state index is 11.7. The molecule has 2 heterocycles. The zero-order valence-electron chi connectivity index (χ0n) is 9.37. The lowest BCUT2D eigenvalue weighted by Gasteiger charge is -2.37. The Morgan fingerprint density at radius 2 is 2.12 bits per heavy atom. The van der Waals surface area contributed by atoms with E-state index >= 15 is 0 Å². The minimum absolute atomic E-state index is 0.00676. The zero-order chi connectivity index (χ0) is 11.0. The van der Waals surface area contributed by atoms with E-state index in [0.29, 0.717) is 6.42 Å². The summed E-state index contributed by atoms with van der Waals surface area (Å²) >= 11 is 0. The molecule has 1 aromatic rings. The van der Waals surface area contributed by atoms with Gasteiger partial charge < -0.3 is 9.73 Å². The van der Waals surface area contributed by atoms with Crippen molar-refractivity contribution in [3.05, 3.63) is 24.2 Å². The van der Waals surface area contributed by atoms with E-state index in [4.69, 9.17) is 4.42 Å². The van der Waals surface area contributed by atoms with Crippen molar-refractivity contribution in [1.29, 1.82) is 0 Å². The molecule has 3 nitrogen and oxygen atoms in total. The van der Waals surface area contributed by atoms with E-state index in [1.165, 1.54) is 19.3 Å². The van der Waals surface area contributed by atoms with Crippen LogP contribution in [0.2, 0.25) is 0 Å². The van der Waals surface area contributed by atoms with Gasteiger partial charge in [0.25, 0.3) is 0 Å². The first-order valence-electron chi connectivity index (χ1n) is 6.15. The van der Waals surface area contributed by atoms with E-state index in [0.717, 1.165) is 18.6 Å². The van der Waals surface area contributed by atoms with Crippen LogP contribution in [0.4, 0.5) is 0 Å². The molecule has 1 aliphatic heterocycles. The molecule has 1 atom stereocenters. The van der Waals surface area contributed by atoms with E-state index in [2.05, 4.69) is 5.32 Å². The number of furan rings is 1. The molecule has 0 bridgehead atoms. The molecule has 1 aromatic heterocycles. The number of hydrogen-bond acceptors (Lipinski definition) is 2. The van der Waals surface area contributed by atoms with Crippen LogP contribution >= 0.6 is 0 Å². The highest BCUT2D eigenvalue weighted by molar-refractivity contribution is 5.81. The van der Waals surface area contributed by atoms with Crippen LogP contribution in [0, 0.1) is 0 Å². The van der Waals surface area contributed by atoms with Crippen LogP contribution in [0.1, 0.15) is 50.2 Å². The molecular weight excluding hydrogens is 202 g/mol. The Kier molecular flexibility index (Phi) is 2.27. The van der Waals surface area contributed by atoms with Crippen LogP contribution in [0.15, 0.2) is 22.8 Å². The summed E-state index contributed by atoms with van der Waals surface area (Å²) in [6.07, 6.45) is 8.23. The van der Waals surface area contributed by atoms with Gasteiger partial charge in [-0.1, -0.05) is 19.3 Å². The molecule has 16 heavy (non-hydrogen) atoms. The van der Waals surface area contributed by atoms with Crippen molar-refractivity contribution < 1.29 is 9.21 Å². The SMILES string of the molecule is O=C1CC(c2ccco2)C2(CCCCC2)N1. The fraction of sp³-hybridized carbons (Fsp3) is 0.615. The Bertz CT molecular complexity index is 377. The highest BCUT2D eigenvalue weighted by atomic mass is 16.3. The molecule has 2 aliphatic rings. The van der Waals surface area contributed by atoms with Gasteiger partial charge in [0.05, 0.1) is 11.8 Å². The maximum atomic E-state index is 11.7. The van der Waals surface area contributed by atoms with Crippen molar-refractivity contribution in [2.75, 3.05) is 0 Å². The van der Waals surface area contributed by atoms with Crippen LogP contribution < -0.4 is 5.32 Å². The first-order chi connectivity index (χ1) is 7.80. The summed E-state index contributed by atoms with van der Waals surface area (Å²) in [6.45, 7) is 0. The Hall–Kier alpha value is -1.25. The zero-order valence-corrected chi connectivity index (χ0v) is 9.37. The van der Waals surface area contributed by atoms with Crippen molar-refractivity contribution in [2.45, 2.75) is 50.0 Å². The van der Waals surface area contributed by atoms with E-state index in [-0.39, 0.29) is 17.4 Å². The van der Waals surface area contributed by atoms with Crippen LogP contribution in [-0.2, 0) is 4.79 Å². The van der Waals surface area contributed by atoms with E-state index in [1.54, 1.807) is 6.26 Å². The van der Waals surface area contributed by atoms with Crippen molar-refractivity contribution >= 4 is 5.91 Å². The normalized spacial score (nSPS) is 28.2. The van der Waals surface area contributed by atoms with Gasteiger partial charge in [-0.15, -0.1) is 0 Å². The second-order valence-corrected chi connectivity index (χ2v) is 5.04. The van der Waals surface area contributed by atoms with Gasteiger partial charge in [-0.2, -0.15) is 0 Å². The summed E-state index contributed by atoms with van der Waals surface area (Å²) in [5.74, 6) is 1.40. The number of nitrogens with one attached hydrogen (secondary N) is 1. The molecule has 1 N–H and O–H groups in total. The topological polar surface area (TPSA) is 42.2 Å². The lowest BCUT2D eigenvalue weighted by atomic mass is 9.73. The van der Waals surface area contributed by atoms with Gasteiger partial charge in [0.1, 0.15) is 5.76 Å². The molecule has 0 radical (unpaired) electrons. The Morgan fingerprint density at radius 3 is 2.81 bits per heavy atom. The van der Waals surface area contributed by atoms with Gasteiger partial charge in [0.15, 0.2) is 0 Å². The summed E-state index contributed by atoms with van der Waals surface area (Å²) in [5, 5.41) is 3.21. The lowest BCUT2D eigenvalue weighted by Crippen LogP contribution is -2.46. The molecule has 0 aromatic carbocycles. The molecule has 1 spiro atoms. The van der Waals surface area contributed by atoms with Crippen LogP contribution in [0.5, 0.6) is 0 Å². The van der Waals surface area contributed by atoms with Gasteiger partial charge in [-0.05, 0) is 25.0 Å². The predicted molar refractivity (Wildman–Crippen MR) is 60.0 cm³/mol. The van der Waals surface area contributed by atoms with Crippen LogP contribution in [0.3, 0.4) is 0 Å². The number of hydrogen-bond donors (Lipinski definition) is 1. The molecule has 1 unspecified atom stereocenters. The molecule has 1 saturated carbocycles. The molecule has 86 valence electrons. The smallest absolute Gasteiger partial charge is 0.221 e. The van der Waals surface area contributed by atoms with Gasteiger partial charge in [-0.25, -0.2) is 0 Å². The quantitative estimate of drug-likeness (QED) is 0.788. The van der Waals surface area contributed by atoms with Gasteiger partial charge in [-0.3, -0.25) is 4.79 Å². The van der Waals surface area contributed by atoms with E-state index in [1.807, 2.05) is 12.1 Å². The summed E-state index contributed by atoms with van der Waals surface area (Å²) in [4.78, 5) is 11.7. The summed E-state index contributed by atoms with van der Waals surface area (Å²) in [7, 11) is 0. The molecular formula is C13H17NO2. The number of amides is 1. The van der Waals surface area contributed by atoms with Crippen molar-refractivity contribution in [1.82, 2.24) is 5.32 Å². The molecule has 2 fully saturated rings. The average Bonchev–Trinajstić information content (AvgIpc) is 2.88. The second-order valence-electron chi connectivity index (χ2n) is 5.04. The standard InChI is InChI=1S/C13H17NO2/c15-12-9-10(11-5-4-8-16-11)13(14-12)6-2-1-3-7-13/h4-5,8,10H,1-3,6-7,9H2,(H,14,15). The van der Waals surface area contributed by atoms with Gasteiger partial charge >= 0.3 is 0 Å². The maximum Gasteiger partial charge on any atom is 0.221 e. The molecule has 1 amide bonds. The Labute approximate surface area is 95.2 Å². The number of carbonyl (C=O) groups excluding carboxylic acids is 1. The summed E-state index contributed by atoms with van der Waals surface area (Å²) in [6, 6.07) is 3.91. The van der Waals surface area contributed by atoms with E-state index in [9.17, 15) is 4.79 Å². The molecule has 3 rings (SSSR count). The predicted octanol–water partition coefficient (Wildman–Crippen LogP) is 2.59. The second kappa shape index (κ2) is 3.65. The minimum Gasteiger partial charge on any atom is -0.469 e. The fourth-order valence-electron chi connectivity index (χ4n) is 3.32. The number of rotatable bonds is 1. The number of carbonyl (C=O) groups is 1. The third-order valence-corrected chi connectivity index (χ3v) is 4.08. The van der Waals surface area contributed by atoms with Gasteiger partial charge in [0.2, 0.25) is 5.91 Å². The largest absolute Gasteiger partial charge is 0.469 e. The third-order valence-electron chi connectivity index (χ3n) is 4.08. The van der Waals surface area contributed by atoms with E-state index < -0.39 is 0 Å². The molecule has 1 aliphatic carbocycles. The fourth-order valence-corrected chi connectivity index (χ4v) is 3.32. The highest BCUT2D eigenvalue weighted by Gasteiger charge is 2.48. The summed E-state index contributed by atoms with van der Waals surface area (Å²) in [5.41, 5.74) is -0.00676. The lowest BCUT2D eigenvalue weighted by molar-refractivity contribution is -0.120. The van der Waals surface area contributed by atoms with Crippen LogP contribution in [0.25, 0.3) is 0 Å². The highest BCUT2D eigenvalue weighted by Crippen LogP contribution is 2.45.